The molecule has 5 aromatic rings. The molecule has 0 spiro atoms. The quantitative estimate of drug-likeness (QED) is 0.245. The molecule has 10 nitrogen and oxygen atoms in total. The number of rotatable bonds is 6. The molecule has 10 heteroatoms. The van der Waals surface area contributed by atoms with E-state index in [9.17, 15) is 9.59 Å². The first-order chi connectivity index (χ1) is 22.4. The first-order valence-electron chi connectivity index (χ1n) is 16.2. The molecule has 3 fully saturated rings. The number of benzene rings is 3. The van der Waals surface area contributed by atoms with Crippen molar-refractivity contribution in [3.63, 3.8) is 0 Å². The number of carbonyl (C=O) groups is 2. The van der Waals surface area contributed by atoms with Gasteiger partial charge >= 0.3 is 6.09 Å². The lowest BCUT2D eigenvalue weighted by molar-refractivity contribution is 0.0700. The predicted octanol–water partition coefficient (Wildman–Crippen LogP) is 5.90. The third kappa shape index (κ3) is 4.23. The van der Waals surface area contributed by atoms with Crippen LogP contribution in [-0.2, 0) is 24.9 Å². The maximum absolute atomic E-state index is 13.7. The number of imidazole rings is 1. The molecule has 2 aliphatic heterocycles. The zero-order valence-electron chi connectivity index (χ0n) is 26.0. The van der Waals surface area contributed by atoms with Crippen molar-refractivity contribution in [1.29, 1.82) is 0 Å². The van der Waals surface area contributed by atoms with Crippen LogP contribution in [0.15, 0.2) is 54.6 Å². The van der Waals surface area contributed by atoms with Gasteiger partial charge < -0.3 is 29.2 Å². The van der Waals surface area contributed by atoms with Crippen LogP contribution >= 0.6 is 0 Å². The third-order valence-corrected chi connectivity index (χ3v) is 10.6. The van der Waals surface area contributed by atoms with Gasteiger partial charge in [0, 0.05) is 54.3 Å². The van der Waals surface area contributed by atoms with Crippen molar-refractivity contribution in [3.8, 4) is 28.4 Å². The molecule has 1 saturated heterocycles. The number of nitrogens with one attached hydrogen (secondary N) is 1. The van der Waals surface area contributed by atoms with Gasteiger partial charge in [-0.05, 0) is 85.0 Å². The number of methoxy groups -OCH3 is 1. The minimum absolute atomic E-state index is 0.00144. The average molecular weight is 617 g/mol. The van der Waals surface area contributed by atoms with E-state index in [1.807, 2.05) is 36.2 Å². The van der Waals surface area contributed by atoms with E-state index >= 15 is 0 Å². The highest BCUT2D eigenvalue weighted by molar-refractivity contribution is 6.01. The van der Waals surface area contributed by atoms with Crippen molar-refractivity contribution < 1.29 is 19.1 Å². The maximum Gasteiger partial charge on any atom is 0.411 e. The highest BCUT2D eigenvalue weighted by Crippen LogP contribution is 2.41. The van der Waals surface area contributed by atoms with Crippen LogP contribution in [0.5, 0.6) is 5.75 Å². The number of ether oxygens (including phenoxy) is 2. The Morgan fingerprint density at radius 1 is 1.07 bits per heavy atom. The molecule has 2 unspecified atom stereocenters. The molecule has 0 radical (unpaired) electrons. The first kappa shape index (κ1) is 27.5. The van der Waals surface area contributed by atoms with Crippen LogP contribution in [0, 0.1) is 11.8 Å². The number of cyclic esters (lactones) is 1. The van der Waals surface area contributed by atoms with Gasteiger partial charge in [-0.1, -0.05) is 18.2 Å². The molecule has 3 atom stereocenters. The molecule has 2 aliphatic carbocycles. The fourth-order valence-corrected chi connectivity index (χ4v) is 7.95. The van der Waals surface area contributed by atoms with Crippen LogP contribution in [0.4, 0.5) is 10.5 Å². The van der Waals surface area contributed by atoms with E-state index in [4.69, 9.17) is 20.2 Å². The molecule has 2 aromatic heterocycles. The number of amides is 2. The summed E-state index contributed by atoms with van der Waals surface area (Å²) >= 11 is 0. The molecule has 9 rings (SSSR count). The van der Waals surface area contributed by atoms with E-state index in [0.717, 1.165) is 81.8 Å². The Bertz CT molecular complexity index is 2090. The fraction of sp³-hybridized carbons (Fsp3) is 0.361. The SMILES string of the molecule is COc1cc(C(=O)N2CC3CCC2[C@@H]3N)cc2nc(-c3cc4ccc(-c5ccc6c(c5)COC(=O)N6)cc4n3CC3CC3)n(C)c12. The molecule has 46 heavy (non-hydrogen) atoms. The number of hydrogen-bond donors (Lipinski definition) is 2. The summed E-state index contributed by atoms with van der Waals surface area (Å²) in [5.41, 5.74) is 14.7. The topological polar surface area (TPSA) is 117 Å². The molecule has 4 heterocycles. The van der Waals surface area contributed by atoms with Gasteiger partial charge in [-0.25, -0.2) is 9.78 Å². The summed E-state index contributed by atoms with van der Waals surface area (Å²) in [4.78, 5) is 32.5. The molecular formula is C36H36N6O4. The number of carbonyl (C=O) groups excluding carboxylic acids is 2. The Hall–Kier alpha value is -4.83. The second-order valence-corrected chi connectivity index (χ2v) is 13.4. The van der Waals surface area contributed by atoms with Crippen LogP contribution in [0.25, 0.3) is 44.6 Å². The van der Waals surface area contributed by atoms with E-state index in [1.165, 1.54) is 12.8 Å². The van der Waals surface area contributed by atoms with Gasteiger partial charge in [-0.3, -0.25) is 10.1 Å². The number of likely N-dealkylation sites (tertiary alicyclic amines) is 1. The third-order valence-electron chi connectivity index (χ3n) is 10.6. The van der Waals surface area contributed by atoms with E-state index in [2.05, 4.69) is 44.8 Å². The summed E-state index contributed by atoms with van der Waals surface area (Å²) in [5, 5.41) is 3.92. The maximum atomic E-state index is 13.7. The first-order valence-corrected chi connectivity index (χ1v) is 16.2. The van der Waals surface area contributed by atoms with Crippen LogP contribution in [0.2, 0.25) is 0 Å². The van der Waals surface area contributed by atoms with Crippen LogP contribution in [0.1, 0.15) is 41.6 Å². The zero-order chi connectivity index (χ0) is 31.3. The van der Waals surface area contributed by atoms with Gasteiger partial charge in [0.2, 0.25) is 0 Å². The van der Waals surface area contributed by atoms with Crippen molar-refractivity contribution in [1.82, 2.24) is 19.0 Å². The van der Waals surface area contributed by atoms with Gasteiger partial charge in [0.15, 0.2) is 5.82 Å². The highest BCUT2D eigenvalue weighted by atomic mass is 16.5. The van der Waals surface area contributed by atoms with Crippen molar-refractivity contribution in [3.05, 3.63) is 65.7 Å². The lowest BCUT2D eigenvalue weighted by Gasteiger charge is -2.27. The van der Waals surface area contributed by atoms with Crippen molar-refractivity contribution in [2.45, 2.75) is 50.9 Å². The van der Waals surface area contributed by atoms with Gasteiger partial charge in [0.25, 0.3) is 5.91 Å². The van der Waals surface area contributed by atoms with Crippen LogP contribution in [-0.4, -0.2) is 56.8 Å². The Morgan fingerprint density at radius 2 is 1.89 bits per heavy atom. The second kappa shape index (κ2) is 10.1. The standard InChI is InChI=1S/C36H36N6O4/c1-40-33-27(12-24(15-31(33)45-2)35(43)42-17-23-8-10-28(42)32(23)37)38-34(40)30-14-22-6-5-21(13-29(22)41(30)16-19-3-4-19)20-7-9-26-25(11-20)18-46-36(44)39-26/h5-7,9,11-15,19,23,28,32H,3-4,8,10,16-18,37H2,1-2H3,(H,39,44)/t23?,28?,32-/m1/s1. The summed E-state index contributed by atoms with van der Waals surface area (Å²) in [5.74, 6) is 2.49. The number of nitrogens with two attached hydrogens (primary N) is 1. The molecule has 2 amide bonds. The number of fused-ring (bicyclic) bond motifs is 5. The van der Waals surface area contributed by atoms with Gasteiger partial charge in [0.05, 0.1) is 24.0 Å². The molecule has 4 aliphatic rings. The lowest BCUT2D eigenvalue weighted by Crippen LogP contribution is -2.41. The summed E-state index contributed by atoms with van der Waals surface area (Å²) in [6, 6.07) is 18.8. The minimum Gasteiger partial charge on any atom is -0.494 e. The van der Waals surface area contributed by atoms with Crippen molar-refractivity contribution >= 4 is 39.6 Å². The average Bonchev–Trinajstić information content (AvgIpc) is 3.47. The summed E-state index contributed by atoms with van der Waals surface area (Å²) < 4.78 is 15.6. The summed E-state index contributed by atoms with van der Waals surface area (Å²) in [6.45, 7) is 1.89. The number of aromatic nitrogens is 3. The molecular weight excluding hydrogens is 580 g/mol. The Balaban J connectivity index is 1.13. The zero-order valence-corrected chi connectivity index (χ0v) is 26.0. The van der Waals surface area contributed by atoms with E-state index in [1.54, 1.807) is 7.11 Å². The monoisotopic (exact) mass is 616 g/mol. The van der Waals surface area contributed by atoms with Crippen molar-refractivity contribution in [2.24, 2.45) is 24.6 Å². The number of piperidine rings is 1. The Labute approximate surface area is 266 Å². The molecule has 2 bridgehead atoms. The second-order valence-electron chi connectivity index (χ2n) is 13.4. The van der Waals surface area contributed by atoms with Gasteiger partial charge in [-0.15, -0.1) is 0 Å². The molecule has 3 aromatic carbocycles. The van der Waals surface area contributed by atoms with Gasteiger partial charge in [-0.2, -0.15) is 0 Å². The van der Waals surface area contributed by atoms with E-state index in [-0.39, 0.29) is 24.6 Å². The Morgan fingerprint density at radius 3 is 2.65 bits per heavy atom. The van der Waals surface area contributed by atoms with E-state index in [0.29, 0.717) is 23.1 Å². The Kier molecular flexibility index (Phi) is 6.02. The summed E-state index contributed by atoms with van der Waals surface area (Å²) in [7, 11) is 3.67. The van der Waals surface area contributed by atoms with Gasteiger partial charge in [0.1, 0.15) is 17.9 Å². The molecule has 3 N–H and O–H groups in total. The molecule has 234 valence electrons. The predicted molar refractivity (Wildman–Crippen MR) is 176 cm³/mol. The van der Waals surface area contributed by atoms with Crippen LogP contribution < -0.4 is 15.8 Å². The van der Waals surface area contributed by atoms with Crippen LogP contribution in [0.3, 0.4) is 0 Å². The molecule has 2 saturated carbocycles. The van der Waals surface area contributed by atoms with Crippen molar-refractivity contribution in [2.75, 3.05) is 19.0 Å². The largest absolute Gasteiger partial charge is 0.494 e. The highest BCUT2D eigenvalue weighted by Gasteiger charge is 2.47. The lowest BCUT2D eigenvalue weighted by atomic mass is 10.0. The smallest absolute Gasteiger partial charge is 0.411 e. The number of aryl methyl sites for hydroxylation is 1. The number of nitrogens with zero attached hydrogens (tertiary/aromatic N) is 4. The number of anilines is 1. The normalized spacial score (nSPS) is 21.9. The fourth-order valence-electron chi connectivity index (χ4n) is 7.95. The van der Waals surface area contributed by atoms with E-state index < -0.39 is 6.09 Å². The minimum atomic E-state index is -0.419. The summed E-state index contributed by atoms with van der Waals surface area (Å²) in [6.07, 6.45) is 4.09. The number of hydrogen-bond acceptors (Lipinski definition) is 6.